The number of nitrogens with zero attached hydrogens (tertiary/aromatic N) is 2. The highest BCUT2D eigenvalue weighted by Gasteiger charge is 2.34. The van der Waals surface area contributed by atoms with E-state index in [4.69, 9.17) is 18.9 Å². The molecule has 2 heterocycles. The number of esters is 1. The van der Waals surface area contributed by atoms with Crippen molar-refractivity contribution >= 4 is 68.6 Å². The van der Waals surface area contributed by atoms with Gasteiger partial charge >= 0.3 is 5.97 Å². The monoisotopic (exact) mass is 774 g/mol. The zero-order valence-electron chi connectivity index (χ0n) is 22.3. The van der Waals surface area contributed by atoms with Gasteiger partial charge in [0.05, 0.1) is 55.9 Å². The number of methoxy groups -OCH3 is 2. The number of carbonyl (C=O) groups excluding carboxylic acids is 1. The summed E-state index contributed by atoms with van der Waals surface area (Å²) in [6.07, 6.45) is 1.79. The van der Waals surface area contributed by atoms with Gasteiger partial charge in [0.15, 0.2) is 16.3 Å². The van der Waals surface area contributed by atoms with Crippen LogP contribution in [0.3, 0.4) is 0 Å². The van der Waals surface area contributed by atoms with Crippen molar-refractivity contribution in [1.29, 1.82) is 0 Å². The van der Waals surface area contributed by atoms with E-state index in [0.29, 0.717) is 37.7 Å². The van der Waals surface area contributed by atoms with Gasteiger partial charge in [0.1, 0.15) is 5.75 Å². The zero-order valence-corrected chi connectivity index (χ0v) is 27.5. The van der Waals surface area contributed by atoms with Crippen LogP contribution in [0.15, 0.2) is 51.4 Å². The van der Waals surface area contributed by atoms with Crippen LogP contribution in [0.4, 0.5) is 0 Å². The van der Waals surface area contributed by atoms with Crippen molar-refractivity contribution in [3.63, 3.8) is 0 Å². The van der Waals surface area contributed by atoms with Gasteiger partial charge in [0.2, 0.25) is 0 Å². The fourth-order valence-electron chi connectivity index (χ4n) is 4.32. The Kier molecular flexibility index (Phi) is 9.42. The summed E-state index contributed by atoms with van der Waals surface area (Å²) in [4.78, 5) is 32.3. The first-order valence-electron chi connectivity index (χ1n) is 12.2. The maximum Gasteiger partial charge on any atom is 0.338 e. The van der Waals surface area contributed by atoms with Crippen LogP contribution in [0.2, 0.25) is 0 Å². The van der Waals surface area contributed by atoms with Gasteiger partial charge in [-0.1, -0.05) is 17.4 Å². The molecule has 0 fully saturated rings. The minimum Gasteiger partial charge on any atom is -0.495 e. The standard InChI is InChI=1S/C28H28I2N2O6S/c1-7-37-27(34)23-15(4)31-28-32(24(23)17-8-9-20(38-14(2)3)21(13-17)35-5)26(33)22(39-28)12-16-10-18(29)25(36-6)19(30)11-16/h8-14,24H,7H2,1-6H3/b22-12-/t24-/m1/s1. The van der Waals surface area contributed by atoms with Gasteiger partial charge in [-0.15, -0.1) is 0 Å². The largest absolute Gasteiger partial charge is 0.495 e. The molecular formula is C28H28I2N2O6S. The van der Waals surface area contributed by atoms with Crippen molar-refractivity contribution in [2.75, 3.05) is 20.8 Å². The first-order chi connectivity index (χ1) is 18.6. The Bertz CT molecular complexity index is 1620. The van der Waals surface area contributed by atoms with Gasteiger partial charge in [-0.25, -0.2) is 9.79 Å². The van der Waals surface area contributed by atoms with Crippen molar-refractivity contribution < 1.29 is 23.7 Å². The summed E-state index contributed by atoms with van der Waals surface area (Å²) in [5.41, 5.74) is 2.11. The Labute approximate surface area is 257 Å². The lowest BCUT2D eigenvalue weighted by Gasteiger charge is -2.25. The van der Waals surface area contributed by atoms with Crippen LogP contribution in [-0.4, -0.2) is 37.5 Å². The molecule has 1 aliphatic rings. The van der Waals surface area contributed by atoms with Crippen LogP contribution in [0, 0.1) is 7.14 Å². The van der Waals surface area contributed by atoms with Gasteiger partial charge in [0.25, 0.3) is 5.56 Å². The molecule has 0 spiro atoms. The number of halogens is 2. The van der Waals surface area contributed by atoms with Crippen LogP contribution < -0.4 is 29.1 Å². The third-order valence-corrected chi connectivity index (χ3v) is 8.49. The maximum atomic E-state index is 13.9. The molecule has 1 aromatic heterocycles. The van der Waals surface area contributed by atoms with Crippen molar-refractivity contribution in [3.05, 3.63) is 79.6 Å². The van der Waals surface area contributed by atoms with Crippen molar-refractivity contribution in [1.82, 2.24) is 4.57 Å². The summed E-state index contributed by atoms with van der Waals surface area (Å²) >= 11 is 5.72. The van der Waals surface area contributed by atoms with Gasteiger partial charge < -0.3 is 18.9 Å². The zero-order chi connectivity index (χ0) is 28.4. The Morgan fingerprint density at radius 3 is 2.41 bits per heavy atom. The molecule has 0 bridgehead atoms. The maximum absolute atomic E-state index is 13.9. The molecule has 11 heteroatoms. The van der Waals surface area contributed by atoms with E-state index < -0.39 is 12.0 Å². The lowest BCUT2D eigenvalue weighted by Crippen LogP contribution is -2.40. The molecule has 3 aromatic rings. The second-order valence-corrected chi connectivity index (χ2v) is 12.2. The van der Waals surface area contributed by atoms with Gasteiger partial charge in [-0.2, -0.15) is 0 Å². The van der Waals surface area contributed by atoms with Gasteiger partial charge in [0, 0.05) is 0 Å². The predicted molar refractivity (Wildman–Crippen MR) is 168 cm³/mol. The fourth-order valence-corrected chi connectivity index (χ4v) is 7.62. The number of hydrogen-bond donors (Lipinski definition) is 0. The molecule has 39 heavy (non-hydrogen) atoms. The number of carbonyl (C=O) groups is 1. The van der Waals surface area contributed by atoms with Gasteiger partial charge in [-0.3, -0.25) is 9.36 Å². The fraction of sp³-hybridized carbons (Fsp3) is 0.321. The molecule has 0 unspecified atom stereocenters. The Morgan fingerprint density at radius 2 is 1.82 bits per heavy atom. The topological polar surface area (TPSA) is 88.4 Å². The molecule has 0 saturated heterocycles. The number of fused-ring (bicyclic) bond motifs is 1. The molecule has 1 aliphatic heterocycles. The number of benzene rings is 2. The van der Waals surface area contributed by atoms with Crippen LogP contribution in [-0.2, 0) is 9.53 Å². The molecule has 2 aromatic carbocycles. The van der Waals surface area contributed by atoms with Crippen LogP contribution in [0.25, 0.3) is 6.08 Å². The summed E-state index contributed by atoms with van der Waals surface area (Å²) in [7, 11) is 3.19. The van der Waals surface area contributed by atoms with E-state index in [1.165, 1.54) is 11.3 Å². The highest BCUT2D eigenvalue weighted by molar-refractivity contribution is 14.1. The smallest absolute Gasteiger partial charge is 0.338 e. The number of thiazole rings is 1. The van der Waals surface area contributed by atoms with Crippen molar-refractivity contribution in [3.8, 4) is 17.2 Å². The van der Waals surface area contributed by atoms with Crippen molar-refractivity contribution in [2.24, 2.45) is 4.99 Å². The number of ether oxygens (including phenoxy) is 4. The molecule has 4 rings (SSSR count). The SMILES string of the molecule is CCOC(=O)C1=C(C)N=c2s/c(=C\c3cc(I)c(OC)c(I)c3)c(=O)n2[C@@H]1c1ccc(OC(C)C)c(OC)c1. The molecule has 0 saturated carbocycles. The van der Waals surface area contributed by atoms with Gasteiger partial charge in [-0.05, 0) is 114 Å². The molecule has 0 radical (unpaired) electrons. The number of rotatable bonds is 8. The summed E-state index contributed by atoms with van der Waals surface area (Å²) in [6.45, 7) is 7.57. The molecule has 0 N–H and O–H groups in total. The lowest BCUT2D eigenvalue weighted by atomic mass is 9.95. The minimum atomic E-state index is -0.749. The van der Waals surface area contributed by atoms with E-state index in [0.717, 1.165) is 18.5 Å². The molecule has 1 atom stereocenters. The predicted octanol–water partition coefficient (Wildman–Crippen LogP) is 4.81. The number of hydrogen-bond acceptors (Lipinski definition) is 8. The quantitative estimate of drug-likeness (QED) is 0.242. The third-order valence-electron chi connectivity index (χ3n) is 5.91. The third kappa shape index (κ3) is 6.04. The molecule has 0 aliphatic carbocycles. The Morgan fingerprint density at radius 1 is 1.13 bits per heavy atom. The normalized spacial score (nSPS) is 15.2. The highest BCUT2D eigenvalue weighted by atomic mass is 127. The average molecular weight is 774 g/mol. The van der Waals surface area contributed by atoms with E-state index in [9.17, 15) is 9.59 Å². The van der Waals surface area contributed by atoms with Crippen LogP contribution >= 0.6 is 56.5 Å². The van der Waals surface area contributed by atoms with Crippen LogP contribution in [0.5, 0.6) is 17.2 Å². The number of aromatic nitrogens is 1. The van der Waals surface area contributed by atoms with E-state index >= 15 is 0 Å². The summed E-state index contributed by atoms with van der Waals surface area (Å²) in [5, 5.41) is 0. The van der Waals surface area contributed by atoms with E-state index in [2.05, 4.69) is 50.2 Å². The average Bonchev–Trinajstić information content (AvgIpc) is 3.17. The number of allylic oxidation sites excluding steroid dienone is 1. The summed E-state index contributed by atoms with van der Waals surface area (Å²) in [6, 6.07) is 8.61. The van der Waals surface area contributed by atoms with E-state index in [1.54, 1.807) is 44.8 Å². The molecule has 8 nitrogen and oxygen atoms in total. The van der Waals surface area contributed by atoms with Crippen molar-refractivity contribution in [2.45, 2.75) is 39.8 Å². The summed E-state index contributed by atoms with van der Waals surface area (Å²) in [5.74, 6) is 1.36. The summed E-state index contributed by atoms with van der Waals surface area (Å²) < 4.78 is 26.3. The molecule has 206 valence electrons. The molecular weight excluding hydrogens is 746 g/mol. The Hall–Kier alpha value is -2.39. The molecule has 0 amide bonds. The second-order valence-electron chi connectivity index (χ2n) is 8.90. The first-order valence-corrected chi connectivity index (χ1v) is 15.1. The highest BCUT2D eigenvalue weighted by Crippen LogP contribution is 2.36. The Balaban J connectivity index is 1.94. The van der Waals surface area contributed by atoms with Crippen LogP contribution in [0.1, 0.15) is 44.9 Å². The van der Waals surface area contributed by atoms with E-state index in [1.807, 2.05) is 38.1 Å². The lowest BCUT2D eigenvalue weighted by molar-refractivity contribution is -0.139. The minimum absolute atomic E-state index is 0.0521. The van der Waals surface area contributed by atoms with E-state index in [-0.39, 0.29) is 18.3 Å². The second kappa shape index (κ2) is 12.4. The first kappa shape index (κ1) is 29.6.